The molecular weight excluding hydrogens is 412 g/mol. The van der Waals surface area contributed by atoms with E-state index in [1.54, 1.807) is 54.3 Å². The van der Waals surface area contributed by atoms with Crippen LogP contribution in [0, 0.1) is 0 Å². The summed E-state index contributed by atoms with van der Waals surface area (Å²) in [6.07, 6.45) is 0. The molecule has 172 valence electrons. The number of carbonyl (C=O) groups is 3. The molecular formula is C23H30N4O5. The first-order chi connectivity index (χ1) is 15.2. The van der Waals surface area contributed by atoms with E-state index in [-0.39, 0.29) is 24.3 Å². The van der Waals surface area contributed by atoms with Crippen LogP contribution in [0.5, 0.6) is 11.5 Å². The molecule has 0 aromatic heterocycles. The van der Waals surface area contributed by atoms with Crippen molar-refractivity contribution in [3.05, 3.63) is 42.5 Å². The van der Waals surface area contributed by atoms with E-state index >= 15 is 0 Å². The van der Waals surface area contributed by atoms with Crippen molar-refractivity contribution in [2.24, 2.45) is 0 Å². The Bertz CT molecular complexity index is 924. The normalized spacial score (nSPS) is 11.4. The molecule has 0 heterocycles. The van der Waals surface area contributed by atoms with Crippen LogP contribution in [0.3, 0.4) is 0 Å². The Labute approximate surface area is 188 Å². The molecule has 1 unspecified atom stereocenters. The average molecular weight is 443 g/mol. The Morgan fingerprint density at radius 1 is 0.875 bits per heavy atom. The number of benzene rings is 2. The van der Waals surface area contributed by atoms with E-state index in [4.69, 9.17) is 9.47 Å². The van der Waals surface area contributed by atoms with Gasteiger partial charge in [-0.05, 0) is 37.7 Å². The van der Waals surface area contributed by atoms with E-state index in [1.165, 1.54) is 21.1 Å². The lowest BCUT2D eigenvalue weighted by atomic mass is 10.2. The molecule has 0 aliphatic rings. The third kappa shape index (κ3) is 7.28. The van der Waals surface area contributed by atoms with Gasteiger partial charge in [0.25, 0.3) is 0 Å². The number of hydrogen-bond donors (Lipinski definition) is 3. The molecule has 0 saturated carbocycles. The van der Waals surface area contributed by atoms with Gasteiger partial charge in [-0.15, -0.1) is 0 Å². The lowest BCUT2D eigenvalue weighted by Gasteiger charge is -2.26. The van der Waals surface area contributed by atoms with Gasteiger partial charge in [-0.1, -0.05) is 6.92 Å². The van der Waals surface area contributed by atoms with E-state index in [9.17, 15) is 14.4 Å². The third-order valence-corrected chi connectivity index (χ3v) is 4.79. The molecule has 0 fully saturated rings. The highest BCUT2D eigenvalue weighted by molar-refractivity contribution is 5.96. The van der Waals surface area contributed by atoms with Crippen molar-refractivity contribution in [2.45, 2.75) is 26.8 Å². The minimum atomic E-state index is -0.551. The fraction of sp³-hybridized carbons (Fsp3) is 0.348. The predicted molar refractivity (Wildman–Crippen MR) is 124 cm³/mol. The largest absolute Gasteiger partial charge is 0.497 e. The number of likely N-dealkylation sites (N-methyl/N-ethyl adjacent to an activating group) is 1. The fourth-order valence-electron chi connectivity index (χ4n) is 3.04. The van der Waals surface area contributed by atoms with Crippen LogP contribution in [0.4, 0.5) is 17.1 Å². The van der Waals surface area contributed by atoms with Gasteiger partial charge in [-0.25, -0.2) is 0 Å². The lowest BCUT2D eigenvalue weighted by molar-refractivity contribution is -0.123. The second-order valence-electron chi connectivity index (χ2n) is 7.14. The number of nitrogens with zero attached hydrogens (tertiary/aromatic N) is 1. The van der Waals surface area contributed by atoms with Gasteiger partial charge in [0.1, 0.15) is 11.5 Å². The van der Waals surface area contributed by atoms with E-state index in [0.717, 1.165) is 0 Å². The molecule has 2 rings (SSSR count). The van der Waals surface area contributed by atoms with E-state index in [0.29, 0.717) is 35.1 Å². The van der Waals surface area contributed by atoms with Crippen molar-refractivity contribution in [3.63, 3.8) is 0 Å². The van der Waals surface area contributed by atoms with Gasteiger partial charge < -0.3 is 25.4 Å². The highest BCUT2D eigenvalue weighted by Gasteiger charge is 2.22. The number of anilines is 3. The van der Waals surface area contributed by atoms with Crippen LogP contribution in [0.15, 0.2) is 42.5 Å². The van der Waals surface area contributed by atoms with Crippen molar-refractivity contribution >= 4 is 34.8 Å². The quantitative estimate of drug-likeness (QED) is 0.522. The third-order valence-electron chi connectivity index (χ3n) is 4.79. The number of hydrogen-bond acceptors (Lipinski definition) is 6. The van der Waals surface area contributed by atoms with Gasteiger partial charge in [-0.2, -0.15) is 0 Å². The summed E-state index contributed by atoms with van der Waals surface area (Å²) in [6, 6.07) is 11.4. The summed E-state index contributed by atoms with van der Waals surface area (Å²) in [5.41, 5.74) is 1.78. The minimum Gasteiger partial charge on any atom is -0.497 e. The maximum atomic E-state index is 12.8. The van der Waals surface area contributed by atoms with Crippen LogP contribution in [0.1, 0.15) is 20.8 Å². The number of nitrogens with one attached hydrogen (secondary N) is 3. The molecule has 0 spiro atoms. The topological polar surface area (TPSA) is 109 Å². The highest BCUT2D eigenvalue weighted by Crippen LogP contribution is 2.26. The molecule has 9 heteroatoms. The van der Waals surface area contributed by atoms with E-state index in [1.807, 2.05) is 6.92 Å². The average Bonchev–Trinajstić information content (AvgIpc) is 2.77. The Morgan fingerprint density at radius 3 is 1.88 bits per heavy atom. The van der Waals surface area contributed by atoms with Crippen LogP contribution >= 0.6 is 0 Å². The lowest BCUT2D eigenvalue weighted by Crippen LogP contribution is -2.45. The molecule has 3 N–H and O–H groups in total. The molecule has 32 heavy (non-hydrogen) atoms. The fourth-order valence-corrected chi connectivity index (χ4v) is 3.04. The monoisotopic (exact) mass is 442 g/mol. The van der Waals surface area contributed by atoms with E-state index in [2.05, 4.69) is 16.0 Å². The highest BCUT2D eigenvalue weighted by atomic mass is 16.5. The Morgan fingerprint density at radius 2 is 1.41 bits per heavy atom. The number of amides is 3. The molecule has 1 atom stereocenters. The molecule has 0 bridgehead atoms. The minimum absolute atomic E-state index is 0.0416. The zero-order valence-electron chi connectivity index (χ0n) is 19.0. The molecule has 2 aromatic carbocycles. The number of methoxy groups -OCH3 is 2. The predicted octanol–water partition coefficient (Wildman–Crippen LogP) is 2.95. The standard InChI is InChI=1S/C23H30N4O5/c1-6-27(14-22(29)25-18-9-7-17(8-10-18)24-16(3)28)15(2)23(30)26-19-11-20(31-4)13-21(12-19)32-5/h7-13,15H,6,14H2,1-5H3,(H,24,28)(H,25,29)(H,26,30). The number of rotatable bonds is 10. The van der Waals surface area contributed by atoms with Crippen LogP contribution in [0.2, 0.25) is 0 Å². The van der Waals surface area contributed by atoms with E-state index < -0.39 is 6.04 Å². The summed E-state index contributed by atoms with van der Waals surface area (Å²) in [5.74, 6) is 0.448. The zero-order chi connectivity index (χ0) is 23.7. The smallest absolute Gasteiger partial charge is 0.241 e. The second-order valence-corrected chi connectivity index (χ2v) is 7.14. The zero-order valence-corrected chi connectivity index (χ0v) is 19.0. The molecule has 2 aromatic rings. The van der Waals surface area contributed by atoms with Crippen LogP contribution in [-0.4, -0.2) is 56.0 Å². The molecule has 0 aliphatic heterocycles. The van der Waals surface area contributed by atoms with Crippen LogP contribution < -0.4 is 25.4 Å². The van der Waals surface area contributed by atoms with Crippen LogP contribution in [-0.2, 0) is 14.4 Å². The molecule has 9 nitrogen and oxygen atoms in total. The van der Waals surface area contributed by atoms with Gasteiger partial charge in [0.2, 0.25) is 17.7 Å². The van der Waals surface area contributed by atoms with Gasteiger partial charge >= 0.3 is 0 Å². The maximum Gasteiger partial charge on any atom is 0.241 e. The summed E-state index contributed by atoms with van der Waals surface area (Å²) in [7, 11) is 3.07. The SMILES string of the molecule is CCN(CC(=O)Nc1ccc(NC(C)=O)cc1)C(C)C(=O)Nc1cc(OC)cc(OC)c1. The summed E-state index contributed by atoms with van der Waals surface area (Å²) in [5, 5.41) is 8.31. The van der Waals surface area contributed by atoms with Crippen molar-refractivity contribution in [1.29, 1.82) is 0 Å². The first-order valence-corrected chi connectivity index (χ1v) is 10.2. The summed E-state index contributed by atoms with van der Waals surface area (Å²) in [4.78, 5) is 38.1. The first kappa shape index (κ1) is 24.7. The van der Waals surface area contributed by atoms with Gasteiger partial charge in [0.15, 0.2) is 0 Å². The van der Waals surface area contributed by atoms with Gasteiger partial charge in [0, 0.05) is 42.2 Å². The summed E-state index contributed by atoms with van der Waals surface area (Å²) >= 11 is 0. The van der Waals surface area contributed by atoms with Crippen LogP contribution in [0.25, 0.3) is 0 Å². The summed E-state index contributed by atoms with van der Waals surface area (Å²) in [6.45, 7) is 5.60. The van der Waals surface area contributed by atoms with Crippen molar-refractivity contribution in [1.82, 2.24) is 4.90 Å². The molecule has 0 saturated heterocycles. The van der Waals surface area contributed by atoms with Gasteiger partial charge in [-0.3, -0.25) is 19.3 Å². The number of carbonyl (C=O) groups excluding carboxylic acids is 3. The first-order valence-electron chi connectivity index (χ1n) is 10.2. The van der Waals surface area contributed by atoms with Gasteiger partial charge in [0.05, 0.1) is 26.8 Å². The number of ether oxygens (including phenoxy) is 2. The summed E-state index contributed by atoms with van der Waals surface area (Å²) < 4.78 is 10.5. The second kappa shape index (κ2) is 11.7. The van der Waals surface area contributed by atoms with Crippen molar-refractivity contribution in [2.75, 3.05) is 43.3 Å². The molecule has 0 radical (unpaired) electrons. The van der Waals surface area contributed by atoms with Crippen molar-refractivity contribution < 1.29 is 23.9 Å². The van der Waals surface area contributed by atoms with Crippen molar-refractivity contribution in [3.8, 4) is 11.5 Å². The Kier molecular flexibility index (Phi) is 9.03. The Hall–Kier alpha value is -3.59. The Balaban J connectivity index is 1.97. The maximum absolute atomic E-state index is 12.8. The molecule has 3 amide bonds. The molecule has 0 aliphatic carbocycles.